The lowest BCUT2D eigenvalue weighted by Gasteiger charge is -2.27. The van der Waals surface area contributed by atoms with Gasteiger partial charge >= 0.3 is 5.97 Å². The third kappa shape index (κ3) is 1.84. The average Bonchev–Trinajstić information content (AvgIpc) is 2.65. The zero-order valence-corrected chi connectivity index (χ0v) is 10.3. The van der Waals surface area contributed by atoms with Crippen molar-refractivity contribution in [3.63, 3.8) is 0 Å². The summed E-state index contributed by atoms with van der Waals surface area (Å²) < 4.78 is 5.50. The Labute approximate surface area is 101 Å². The van der Waals surface area contributed by atoms with Crippen molar-refractivity contribution < 1.29 is 14.6 Å². The highest BCUT2D eigenvalue weighted by Crippen LogP contribution is 2.45. The molecule has 1 aromatic carbocycles. The summed E-state index contributed by atoms with van der Waals surface area (Å²) in [6.45, 7) is 3.78. The molecule has 1 aromatic rings. The number of cyclic esters (lactones) is 1. The number of rotatable bonds is 3. The van der Waals surface area contributed by atoms with Gasteiger partial charge in [-0.2, -0.15) is 0 Å². The molecule has 0 bridgehead atoms. The van der Waals surface area contributed by atoms with Gasteiger partial charge in [0.2, 0.25) is 0 Å². The van der Waals surface area contributed by atoms with Gasteiger partial charge in [-0.05, 0) is 18.4 Å². The summed E-state index contributed by atoms with van der Waals surface area (Å²) in [5, 5.41) is 10.2. The van der Waals surface area contributed by atoms with Crippen LogP contribution in [0, 0.1) is 0 Å². The van der Waals surface area contributed by atoms with Gasteiger partial charge in [-0.25, -0.2) is 4.79 Å². The van der Waals surface area contributed by atoms with Gasteiger partial charge in [0.15, 0.2) is 5.60 Å². The second-order valence-corrected chi connectivity index (χ2v) is 4.67. The normalized spacial score (nSPS) is 32.5. The maximum Gasteiger partial charge on any atom is 0.339 e. The minimum Gasteiger partial charge on any atom is -0.452 e. The fourth-order valence-corrected chi connectivity index (χ4v) is 2.43. The molecule has 1 aliphatic heterocycles. The van der Waals surface area contributed by atoms with E-state index in [0.29, 0.717) is 19.3 Å². The van der Waals surface area contributed by atoms with Gasteiger partial charge in [-0.3, -0.25) is 0 Å². The number of carbonyl (C=O) groups is 1. The molecule has 0 radical (unpaired) electrons. The maximum atomic E-state index is 11.8. The third-order valence-electron chi connectivity index (χ3n) is 3.70. The van der Waals surface area contributed by atoms with Gasteiger partial charge in [0.25, 0.3) is 0 Å². The van der Waals surface area contributed by atoms with Crippen molar-refractivity contribution in [3.05, 3.63) is 35.9 Å². The van der Waals surface area contributed by atoms with Crippen molar-refractivity contribution in [1.29, 1.82) is 0 Å². The number of benzene rings is 1. The van der Waals surface area contributed by atoms with E-state index in [1.165, 1.54) is 0 Å². The molecule has 1 N–H and O–H groups in total. The molecule has 3 nitrogen and oxygen atoms in total. The molecule has 1 saturated heterocycles. The van der Waals surface area contributed by atoms with Gasteiger partial charge in [-0.15, -0.1) is 0 Å². The molecule has 92 valence electrons. The molecule has 1 heterocycles. The first-order valence-corrected chi connectivity index (χ1v) is 6.08. The van der Waals surface area contributed by atoms with Gasteiger partial charge in [0.1, 0.15) is 5.60 Å². The fraction of sp³-hybridized carbons (Fsp3) is 0.500. The lowest BCUT2D eigenvalue weighted by atomic mass is 9.82. The van der Waals surface area contributed by atoms with Crippen LogP contribution in [0.15, 0.2) is 30.3 Å². The van der Waals surface area contributed by atoms with Crippen LogP contribution < -0.4 is 0 Å². The molecular weight excluding hydrogens is 216 g/mol. The van der Waals surface area contributed by atoms with Crippen LogP contribution in [-0.2, 0) is 15.1 Å². The van der Waals surface area contributed by atoms with E-state index in [1.807, 2.05) is 37.3 Å². The topological polar surface area (TPSA) is 46.5 Å². The minimum atomic E-state index is -1.33. The van der Waals surface area contributed by atoms with Crippen LogP contribution in [-0.4, -0.2) is 16.7 Å². The van der Waals surface area contributed by atoms with E-state index < -0.39 is 17.2 Å². The lowest BCUT2D eigenvalue weighted by molar-refractivity contribution is -0.160. The molecule has 0 unspecified atom stereocenters. The number of hydrogen-bond acceptors (Lipinski definition) is 3. The van der Waals surface area contributed by atoms with Crippen molar-refractivity contribution in [2.75, 3.05) is 0 Å². The number of aliphatic hydroxyl groups is 1. The highest BCUT2D eigenvalue weighted by atomic mass is 16.6. The van der Waals surface area contributed by atoms with Gasteiger partial charge in [0, 0.05) is 6.42 Å². The molecule has 2 rings (SSSR count). The zero-order valence-electron chi connectivity index (χ0n) is 10.3. The Morgan fingerprint density at radius 1 is 1.24 bits per heavy atom. The first-order chi connectivity index (χ1) is 8.06. The van der Waals surface area contributed by atoms with Crippen LogP contribution in [0.3, 0.4) is 0 Å². The van der Waals surface area contributed by atoms with E-state index in [1.54, 1.807) is 6.92 Å². The quantitative estimate of drug-likeness (QED) is 0.817. The summed E-state index contributed by atoms with van der Waals surface area (Å²) in [5.74, 6) is -0.495. The van der Waals surface area contributed by atoms with Crippen LogP contribution in [0.5, 0.6) is 0 Å². The van der Waals surface area contributed by atoms with Crippen LogP contribution in [0.25, 0.3) is 0 Å². The smallest absolute Gasteiger partial charge is 0.339 e. The summed E-state index contributed by atoms with van der Waals surface area (Å²) in [6.07, 6.45) is 1.40. The van der Waals surface area contributed by atoms with E-state index >= 15 is 0 Å². The Morgan fingerprint density at radius 2 is 1.88 bits per heavy atom. The largest absolute Gasteiger partial charge is 0.452 e. The zero-order chi connectivity index (χ0) is 12.5. The lowest BCUT2D eigenvalue weighted by Crippen LogP contribution is -2.33. The van der Waals surface area contributed by atoms with Gasteiger partial charge in [-0.1, -0.05) is 44.2 Å². The van der Waals surface area contributed by atoms with Crippen LogP contribution in [0.1, 0.15) is 38.7 Å². The SMILES string of the molecule is CC[C@]1(O)C[C@](CC)(c2ccccc2)OC1=O. The van der Waals surface area contributed by atoms with Crippen molar-refractivity contribution in [2.24, 2.45) is 0 Å². The highest BCUT2D eigenvalue weighted by molar-refractivity contribution is 5.82. The predicted molar refractivity (Wildman–Crippen MR) is 64.4 cm³/mol. The molecule has 2 atom stereocenters. The Kier molecular flexibility index (Phi) is 2.96. The molecule has 0 spiro atoms. The molecule has 0 aliphatic carbocycles. The van der Waals surface area contributed by atoms with Crippen LogP contribution >= 0.6 is 0 Å². The summed E-state index contributed by atoms with van der Waals surface area (Å²) in [4.78, 5) is 11.8. The first-order valence-electron chi connectivity index (χ1n) is 6.08. The highest BCUT2D eigenvalue weighted by Gasteiger charge is 2.54. The summed E-state index contributed by atoms with van der Waals surface area (Å²) in [5.41, 5.74) is -1.03. The standard InChI is InChI=1S/C14H18O3/c1-3-13(16)10-14(4-2,17-12(13)15)11-8-6-5-7-9-11/h5-9,16H,3-4,10H2,1-2H3/t13-,14+/m0/s1. The number of carbonyl (C=O) groups excluding carboxylic acids is 1. The molecule has 0 aromatic heterocycles. The van der Waals surface area contributed by atoms with E-state index in [2.05, 4.69) is 0 Å². The van der Waals surface area contributed by atoms with Gasteiger partial charge < -0.3 is 9.84 Å². The molecule has 17 heavy (non-hydrogen) atoms. The molecule has 1 aliphatic rings. The first kappa shape index (κ1) is 12.1. The Hall–Kier alpha value is -1.35. The summed E-state index contributed by atoms with van der Waals surface area (Å²) in [6, 6.07) is 9.65. The second kappa shape index (κ2) is 4.15. The van der Waals surface area contributed by atoms with Crippen molar-refractivity contribution >= 4 is 5.97 Å². The van der Waals surface area contributed by atoms with Crippen molar-refractivity contribution in [3.8, 4) is 0 Å². The van der Waals surface area contributed by atoms with Gasteiger partial charge in [0.05, 0.1) is 0 Å². The maximum absolute atomic E-state index is 11.8. The molecule has 0 saturated carbocycles. The molecular formula is C14H18O3. The number of ether oxygens (including phenoxy) is 1. The van der Waals surface area contributed by atoms with Crippen LogP contribution in [0.4, 0.5) is 0 Å². The Balaban J connectivity index is 2.39. The molecule has 0 amide bonds. The average molecular weight is 234 g/mol. The predicted octanol–water partition coefficient (Wildman–Crippen LogP) is 2.38. The number of hydrogen-bond donors (Lipinski definition) is 1. The van der Waals surface area contributed by atoms with E-state index in [4.69, 9.17) is 4.74 Å². The minimum absolute atomic E-state index is 0.343. The third-order valence-corrected chi connectivity index (χ3v) is 3.70. The molecule has 1 fully saturated rings. The number of esters is 1. The van der Waals surface area contributed by atoms with E-state index in [0.717, 1.165) is 5.56 Å². The Bertz CT molecular complexity index is 415. The fourth-order valence-electron chi connectivity index (χ4n) is 2.43. The second-order valence-electron chi connectivity index (χ2n) is 4.67. The monoisotopic (exact) mass is 234 g/mol. The summed E-state index contributed by atoms with van der Waals surface area (Å²) in [7, 11) is 0. The molecule has 3 heteroatoms. The van der Waals surface area contributed by atoms with E-state index in [-0.39, 0.29) is 0 Å². The van der Waals surface area contributed by atoms with Crippen LogP contribution in [0.2, 0.25) is 0 Å². The van der Waals surface area contributed by atoms with Crippen molar-refractivity contribution in [1.82, 2.24) is 0 Å². The Morgan fingerprint density at radius 3 is 2.35 bits per heavy atom. The summed E-state index contributed by atoms with van der Waals surface area (Å²) >= 11 is 0. The van der Waals surface area contributed by atoms with E-state index in [9.17, 15) is 9.90 Å². The van der Waals surface area contributed by atoms with Crippen molar-refractivity contribution in [2.45, 2.75) is 44.3 Å².